The number of carbonyl (C=O) groups is 2. The molecule has 5 nitrogen and oxygen atoms in total. The summed E-state index contributed by atoms with van der Waals surface area (Å²) in [6.45, 7) is 1.45. The van der Waals surface area contributed by atoms with E-state index in [0.29, 0.717) is 5.13 Å². The number of nitrogens with one attached hydrogen (secondary N) is 2. The van der Waals surface area contributed by atoms with Crippen LogP contribution < -0.4 is 10.6 Å². The summed E-state index contributed by atoms with van der Waals surface area (Å²) in [5.41, 5.74) is 2.51. The number of amides is 2. The average molecular weight is 371 g/mol. The van der Waals surface area contributed by atoms with E-state index in [1.807, 2.05) is 48.7 Å². The van der Waals surface area contributed by atoms with E-state index in [-0.39, 0.29) is 18.2 Å². The van der Waals surface area contributed by atoms with E-state index in [0.717, 1.165) is 26.4 Å². The van der Waals surface area contributed by atoms with Gasteiger partial charge >= 0.3 is 0 Å². The van der Waals surface area contributed by atoms with Gasteiger partial charge in [0, 0.05) is 17.5 Å². The molecule has 0 aliphatic carbocycles. The molecule has 0 spiro atoms. The summed E-state index contributed by atoms with van der Waals surface area (Å²) < 4.78 is 0.943. The van der Waals surface area contributed by atoms with E-state index >= 15 is 0 Å². The molecule has 3 aromatic rings. The predicted molar refractivity (Wildman–Crippen MR) is 104 cm³/mol. The number of nitrogens with zero attached hydrogens (tertiary/aromatic N) is 1. The summed E-state index contributed by atoms with van der Waals surface area (Å²) >= 11 is 3.03. The maximum atomic E-state index is 12.3. The Morgan fingerprint density at radius 2 is 2.00 bits per heavy atom. The molecule has 2 N–H and O–H groups in total. The topological polar surface area (TPSA) is 71.1 Å². The maximum Gasteiger partial charge on any atom is 0.228 e. The zero-order valence-corrected chi connectivity index (χ0v) is 15.5. The van der Waals surface area contributed by atoms with Crippen molar-refractivity contribution in [3.05, 3.63) is 48.0 Å². The summed E-state index contributed by atoms with van der Waals surface area (Å²) in [6.07, 6.45) is 2.28. The number of thiazole rings is 1. The number of hydrogen-bond donors (Lipinski definition) is 2. The minimum Gasteiger partial charge on any atom is -0.326 e. The molecular formula is C18H17N3O2S2. The number of anilines is 2. The van der Waals surface area contributed by atoms with Crippen molar-refractivity contribution in [3.63, 3.8) is 0 Å². The lowest BCUT2D eigenvalue weighted by atomic mass is 10.1. The number of thioether (sulfide) groups is 1. The van der Waals surface area contributed by atoms with Gasteiger partial charge in [-0.05, 0) is 42.2 Å². The number of hydrogen-bond acceptors (Lipinski definition) is 5. The molecule has 0 bridgehead atoms. The van der Waals surface area contributed by atoms with Crippen LogP contribution in [0, 0.1) is 0 Å². The zero-order valence-electron chi connectivity index (χ0n) is 13.8. The van der Waals surface area contributed by atoms with Gasteiger partial charge in [0.1, 0.15) is 0 Å². The van der Waals surface area contributed by atoms with Crippen LogP contribution in [0.15, 0.2) is 47.4 Å². The molecule has 0 fully saturated rings. The second-order valence-electron chi connectivity index (χ2n) is 5.46. The molecule has 0 unspecified atom stereocenters. The van der Waals surface area contributed by atoms with Crippen LogP contribution in [0.25, 0.3) is 10.2 Å². The van der Waals surface area contributed by atoms with Crippen LogP contribution in [-0.4, -0.2) is 23.1 Å². The third-order valence-electron chi connectivity index (χ3n) is 3.45. The third kappa shape index (κ3) is 4.58. The van der Waals surface area contributed by atoms with Gasteiger partial charge in [-0.15, -0.1) is 11.8 Å². The molecule has 7 heteroatoms. The Hall–Kier alpha value is -2.38. The highest BCUT2D eigenvalue weighted by Crippen LogP contribution is 2.27. The molecule has 128 valence electrons. The second-order valence-corrected chi connectivity index (χ2v) is 7.37. The van der Waals surface area contributed by atoms with E-state index in [4.69, 9.17) is 0 Å². The van der Waals surface area contributed by atoms with Crippen molar-refractivity contribution in [1.29, 1.82) is 0 Å². The molecule has 0 atom stereocenters. The number of rotatable bonds is 5. The molecular weight excluding hydrogens is 354 g/mol. The van der Waals surface area contributed by atoms with Gasteiger partial charge in [-0.25, -0.2) is 4.98 Å². The highest BCUT2D eigenvalue weighted by molar-refractivity contribution is 7.98. The number of fused-ring (bicyclic) bond motifs is 1. The first-order valence-corrected chi connectivity index (χ1v) is 9.68. The van der Waals surface area contributed by atoms with Crippen molar-refractivity contribution in [2.45, 2.75) is 18.2 Å². The summed E-state index contributed by atoms with van der Waals surface area (Å²) in [5, 5.41) is 6.18. The van der Waals surface area contributed by atoms with Gasteiger partial charge in [0.05, 0.1) is 16.6 Å². The summed E-state index contributed by atoms with van der Waals surface area (Å²) in [5.74, 6) is -0.213. The SMILES string of the molecule is CSc1cccc(NC(=O)Cc2ccc3nc(NC(C)=O)sc3c2)c1. The Balaban J connectivity index is 1.71. The lowest BCUT2D eigenvalue weighted by Crippen LogP contribution is -2.14. The fourth-order valence-electron chi connectivity index (χ4n) is 2.37. The van der Waals surface area contributed by atoms with Crippen LogP contribution in [-0.2, 0) is 16.0 Å². The fourth-order valence-corrected chi connectivity index (χ4v) is 3.81. The molecule has 2 amide bonds. The fraction of sp³-hybridized carbons (Fsp3) is 0.167. The van der Waals surface area contributed by atoms with Crippen molar-refractivity contribution >= 4 is 55.9 Å². The lowest BCUT2D eigenvalue weighted by Gasteiger charge is -2.06. The van der Waals surface area contributed by atoms with Gasteiger partial charge in [-0.1, -0.05) is 23.5 Å². The van der Waals surface area contributed by atoms with Crippen molar-refractivity contribution < 1.29 is 9.59 Å². The van der Waals surface area contributed by atoms with Crippen molar-refractivity contribution in [2.24, 2.45) is 0 Å². The van der Waals surface area contributed by atoms with Crippen molar-refractivity contribution in [1.82, 2.24) is 4.98 Å². The van der Waals surface area contributed by atoms with Gasteiger partial charge in [0.15, 0.2) is 5.13 Å². The molecule has 2 aromatic carbocycles. The van der Waals surface area contributed by atoms with Crippen LogP contribution in [0.3, 0.4) is 0 Å². The van der Waals surface area contributed by atoms with Gasteiger partial charge in [-0.2, -0.15) is 0 Å². The largest absolute Gasteiger partial charge is 0.326 e. The van der Waals surface area contributed by atoms with Crippen LogP contribution in [0.4, 0.5) is 10.8 Å². The van der Waals surface area contributed by atoms with Crippen molar-refractivity contribution in [2.75, 3.05) is 16.9 Å². The Morgan fingerprint density at radius 3 is 2.76 bits per heavy atom. The van der Waals surface area contributed by atoms with E-state index in [1.54, 1.807) is 11.8 Å². The first-order chi connectivity index (χ1) is 12.0. The Morgan fingerprint density at radius 1 is 1.16 bits per heavy atom. The zero-order chi connectivity index (χ0) is 17.8. The van der Waals surface area contributed by atoms with Crippen LogP contribution >= 0.6 is 23.1 Å². The lowest BCUT2D eigenvalue weighted by molar-refractivity contribution is -0.116. The third-order valence-corrected chi connectivity index (χ3v) is 5.11. The molecule has 0 saturated carbocycles. The van der Waals surface area contributed by atoms with Crippen LogP contribution in [0.5, 0.6) is 0 Å². The monoisotopic (exact) mass is 371 g/mol. The van der Waals surface area contributed by atoms with E-state index in [2.05, 4.69) is 15.6 Å². The highest BCUT2D eigenvalue weighted by Gasteiger charge is 2.09. The van der Waals surface area contributed by atoms with Crippen LogP contribution in [0.1, 0.15) is 12.5 Å². The molecule has 0 saturated heterocycles. The first-order valence-electron chi connectivity index (χ1n) is 7.64. The quantitative estimate of drug-likeness (QED) is 0.661. The molecule has 0 aliphatic rings. The predicted octanol–water partition coefficient (Wildman–Crippen LogP) is 4.16. The summed E-state index contributed by atoms with van der Waals surface area (Å²) in [4.78, 5) is 28.9. The minimum atomic E-state index is -0.147. The maximum absolute atomic E-state index is 12.3. The van der Waals surface area contributed by atoms with Gasteiger partial charge < -0.3 is 10.6 Å². The molecule has 0 aliphatic heterocycles. The van der Waals surface area contributed by atoms with Gasteiger partial charge in [0.25, 0.3) is 0 Å². The molecule has 1 aromatic heterocycles. The standard InChI is InChI=1S/C18H17N3O2S2/c1-11(22)19-18-21-15-7-6-12(8-16(15)25-18)9-17(23)20-13-4-3-5-14(10-13)24-2/h3-8,10H,9H2,1-2H3,(H,20,23)(H,19,21,22). The molecule has 3 rings (SSSR count). The Bertz CT molecular complexity index is 937. The van der Waals surface area contributed by atoms with E-state index < -0.39 is 0 Å². The number of carbonyl (C=O) groups excluding carboxylic acids is 2. The summed E-state index contributed by atoms with van der Waals surface area (Å²) in [6, 6.07) is 13.5. The number of benzene rings is 2. The summed E-state index contributed by atoms with van der Waals surface area (Å²) in [7, 11) is 0. The van der Waals surface area contributed by atoms with Crippen LogP contribution in [0.2, 0.25) is 0 Å². The Kier molecular flexibility index (Phi) is 5.35. The van der Waals surface area contributed by atoms with Gasteiger partial charge in [0.2, 0.25) is 11.8 Å². The first kappa shape index (κ1) is 17.4. The minimum absolute atomic E-state index is 0.0656. The Labute approximate surface area is 153 Å². The molecule has 0 radical (unpaired) electrons. The average Bonchev–Trinajstić information content (AvgIpc) is 2.95. The van der Waals surface area contributed by atoms with Gasteiger partial charge in [-0.3, -0.25) is 9.59 Å². The molecule has 1 heterocycles. The molecule has 25 heavy (non-hydrogen) atoms. The van der Waals surface area contributed by atoms with E-state index in [1.165, 1.54) is 18.3 Å². The second kappa shape index (κ2) is 7.67. The normalized spacial score (nSPS) is 10.6. The van der Waals surface area contributed by atoms with E-state index in [9.17, 15) is 9.59 Å². The number of aromatic nitrogens is 1. The smallest absolute Gasteiger partial charge is 0.228 e. The highest BCUT2D eigenvalue weighted by atomic mass is 32.2. The van der Waals surface area contributed by atoms with Crippen molar-refractivity contribution in [3.8, 4) is 0 Å².